The lowest BCUT2D eigenvalue weighted by atomic mass is 10.1. The molecule has 2 rings (SSSR count). The Bertz CT molecular complexity index is 694. The first kappa shape index (κ1) is 15.3. The Morgan fingerprint density at radius 2 is 1.95 bits per heavy atom. The first-order valence-electron chi connectivity index (χ1n) is 6.11. The largest absolute Gasteiger partial charge is 0.259 e. The summed E-state index contributed by atoms with van der Waals surface area (Å²) in [6.07, 6.45) is 0.717. The van der Waals surface area contributed by atoms with E-state index in [2.05, 4.69) is 9.71 Å². The van der Waals surface area contributed by atoms with E-state index in [1.165, 1.54) is 11.3 Å². The summed E-state index contributed by atoms with van der Waals surface area (Å²) in [4.78, 5) is 5.30. The molecule has 0 aliphatic carbocycles. The maximum Gasteiger partial charge on any atom is 0.234 e. The SMILES string of the molecule is CCS(=O)(=O)Nc1nc(C)c(Cc2ccc(Cl)cc2)s1. The van der Waals surface area contributed by atoms with E-state index in [1.807, 2.05) is 31.2 Å². The summed E-state index contributed by atoms with van der Waals surface area (Å²) >= 11 is 7.22. The van der Waals surface area contributed by atoms with Gasteiger partial charge in [-0.3, -0.25) is 4.72 Å². The fraction of sp³-hybridized carbons (Fsp3) is 0.308. The summed E-state index contributed by atoms with van der Waals surface area (Å²) in [5.41, 5.74) is 1.96. The van der Waals surface area contributed by atoms with Crippen molar-refractivity contribution >= 4 is 38.1 Å². The van der Waals surface area contributed by atoms with Gasteiger partial charge in [0, 0.05) is 16.3 Å². The third-order valence-electron chi connectivity index (χ3n) is 2.79. The molecule has 7 heteroatoms. The second-order valence-electron chi connectivity index (χ2n) is 4.34. The quantitative estimate of drug-likeness (QED) is 0.913. The summed E-state index contributed by atoms with van der Waals surface area (Å²) in [7, 11) is -3.27. The minimum atomic E-state index is -3.27. The molecule has 1 heterocycles. The van der Waals surface area contributed by atoms with E-state index in [9.17, 15) is 8.42 Å². The van der Waals surface area contributed by atoms with Gasteiger partial charge in [-0.1, -0.05) is 23.7 Å². The van der Waals surface area contributed by atoms with Gasteiger partial charge in [0.2, 0.25) is 10.0 Å². The van der Waals surface area contributed by atoms with Crippen LogP contribution in [0.4, 0.5) is 5.13 Å². The number of sulfonamides is 1. The summed E-state index contributed by atoms with van der Waals surface area (Å²) < 4.78 is 25.5. The summed E-state index contributed by atoms with van der Waals surface area (Å²) in [5.74, 6) is 0.0398. The lowest BCUT2D eigenvalue weighted by molar-refractivity contribution is 0.602. The third kappa shape index (κ3) is 3.94. The van der Waals surface area contributed by atoms with Gasteiger partial charge in [0.15, 0.2) is 5.13 Å². The maximum atomic E-state index is 11.5. The Kier molecular flexibility index (Phi) is 4.67. The van der Waals surface area contributed by atoms with Crippen LogP contribution in [0.5, 0.6) is 0 Å². The number of aryl methyl sites for hydroxylation is 1. The second-order valence-corrected chi connectivity index (χ2v) is 7.87. The number of hydrogen-bond donors (Lipinski definition) is 1. The zero-order chi connectivity index (χ0) is 14.8. The van der Waals surface area contributed by atoms with E-state index >= 15 is 0 Å². The molecule has 2 aromatic rings. The lowest BCUT2D eigenvalue weighted by Crippen LogP contribution is -2.14. The van der Waals surface area contributed by atoms with Crippen molar-refractivity contribution in [2.24, 2.45) is 0 Å². The topological polar surface area (TPSA) is 59.1 Å². The van der Waals surface area contributed by atoms with Crippen molar-refractivity contribution in [3.05, 3.63) is 45.4 Å². The predicted molar refractivity (Wildman–Crippen MR) is 84.2 cm³/mol. The number of hydrogen-bond acceptors (Lipinski definition) is 4. The standard InChI is InChI=1S/C13H15ClN2O2S2/c1-3-20(17,18)16-13-15-9(2)12(19-13)8-10-4-6-11(14)7-5-10/h4-7H,3,8H2,1-2H3,(H,15,16). The van der Waals surface area contributed by atoms with Crippen LogP contribution >= 0.6 is 22.9 Å². The number of aromatic nitrogens is 1. The highest BCUT2D eigenvalue weighted by Gasteiger charge is 2.13. The van der Waals surface area contributed by atoms with Gasteiger partial charge in [-0.05, 0) is 31.5 Å². The normalized spacial score (nSPS) is 11.6. The number of halogens is 1. The van der Waals surface area contributed by atoms with E-state index in [1.54, 1.807) is 6.92 Å². The molecule has 1 aromatic heterocycles. The fourth-order valence-electron chi connectivity index (χ4n) is 1.63. The molecule has 4 nitrogen and oxygen atoms in total. The Hall–Kier alpha value is -1.11. The van der Waals surface area contributed by atoms with Gasteiger partial charge in [0.05, 0.1) is 11.4 Å². The van der Waals surface area contributed by atoms with E-state index in [0.717, 1.165) is 16.1 Å². The number of thiazole rings is 1. The van der Waals surface area contributed by atoms with Crippen molar-refractivity contribution < 1.29 is 8.42 Å². The Morgan fingerprint density at radius 1 is 1.30 bits per heavy atom. The van der Waals surface area contributed by atoms with Crippen LogP contribution in [0, 0.1) is 6.92 Å². The van der Waals surface area contributed by atoms with Gasteiger partial charge in [-0.15, -0.1) is 11.3 Å². The number of nitrogens with zero attached hydrogens (tertiary/aromatic N) is 1. The van der Waals surface area contributed by atoms with Crippen LogP contribution in [-0.4, -0.2) is 19.2 Å². The Morgan fingerprint density at radius 3 is 2.55 bits per heavy atom. The minimum absolute atomic E-state index is 0.0398. The molecule has 1 aromatic carbocycles. The lowest BCUT2D eigenvalue weighted by Gasteiger charge is -2.00. The zero-order valence-electron chi connectivity index (χ0n) is 11.2. The van der Waals surface area contributed by atoms with Crippen LogP contribution in [0.15, 0.2) is 24.3 Å². The van der Waals surface area contributed by atoms with Crippen LogP contribution in [0.3, 0.4) is 0 Å². The molecular weight excluding hydrogens is 316 g/mol. The molecular formula is C13H15ClN2O2S2. The van der Waals surface area contributed by atoms with Crippen molar-refractivity contribution in [1.29, 1.82) is 0 Å². The molecule has 0 aliphatic heterocycles. The van der Waals surface area contributed by atoms with Crippen LogP contribution in [0.25, 0.3) is 0 Å². The molecule has 0 unspecified atom stereocenters. The molecule has 1 N–H and O–H groups in total. The van der Waals surface area contributed by atoms with Crippen LogP contribution in [0.1, 0.15) is 23.1 Å². The van der Waals surface area contributed by atoms with Gasteiger partial charge in [-0.25, -0.2) is 13.4 Å². The average Bonchev–Trinajstić information content (AvgIpc) is 2.72. The molecule has 0 spiro atoms. The Labute approximate surface area is 127 Å². The summed E-state index contributed by atoms with van der Waals surface area (Å²) in [6.45, 7) is 3.48. The van der Waals surface area contributed by atoms with Gasteiger partial charge in [0.25, 0.3) is 0 Å². The van der Waals surface area contributed by atoms with Gasteiger partial charge in [-0.2, -0.15) is 0 Å². The van der Waals surface area contributed by atoms with E-state index in [-0.39, 0.29) is 5.75 Å². The smallest absolute Gasteiger partial charge is 0.234 e. The summed E-state index contributed by atoms with van der Waals surface area (Å²) in [6, 6.07) is 7.59. The van der Waals surface area contributed by atoms with Crippen LogP contribution < -0.4 is 4.72 Å². The Balaban J connectivity index is 2.17. The number of anilines is 1. The highest BCUT2D eigenvalue weighted by Crippen LogP contribution is 2.26. The maximum absolute atomic E-state index is 11.5. The van der Waals surface area contributed by atoms with E-state index in [0.29, 0.717) is 16.6 Å². The number of nitrogens with one attached hydrogen (secondary N) is 1. The van der Waals surface area contributed by atoms with E-state index < -0.39 is 10.0 Å². The van der Waals surface area contributed by atoms with Crippen LogP contribution in [-0.2, 0) is 16.4 Å². The van der Waals surface area contributed by atoms with Crippen molar-refractivity contribution in [3.63, 3.8) is 0 Å². The zero-order valence-corrected chi connectivity index (χ0v) is 13.6. The van der Waals surface area contributed by atoms with E-state index in [4.69, 9.17) is 11.6 Å². The molecule has 0 saturated heterocycles. The van der Waals surface area contributed by atoms with Crippen molar-refractivity contribution in [2.45, 2.75) is 20.3 Å². The van der Waals surface area contributed by atoms with Crippen molar-refractivity contribution in [3.8, 4) is 0 Å². The van der Waals surface area contributed by atoms with Crippen LogP contribution in [0.2, 0.25) is 5.02 Å². The van der Waals surface area contributed by atoms with Gasteiger partial charge >= 0.3 is 0 Å². The fourth-order valence-corrected chi connectivity index (χ4v) is 3.61. The molecule has 0 amide bonds. The van der Waals surface area contributed by atoms with Crippen molar-refractivity contribution in [2.75, 3.05) is 10.5 Å². The summed E-state index contributed by atoms with van der Waals surface area (Å²) in [5, 5.41) is 1.12. The first-order valence-corrected chi connectivity index (χ1v) is 8.95. The molecule has 0 aliphatic rings. The first-order chi connectivity index (χ1) is 9.39. The molecule has 108 valence electrons. The number of rotatable bonds is 5. The highest BCUT2D eigenvalue weighted by molar-refractivity contribution is 7.92. The molecule has 0 fully saturated rings. The average molecular weight is 331 g/mol. The monoisotopic (exact) mass is 330 g/mol. The molecule has 0 atom stereocenters. The molecule has 0 radical (unpaired) electrons. The molecule has 20 heavy (non-hydrogen) atoms. The highest BCUT2D eigenvalue weighted by atomic mass is 35.5. The van der Waals surface area contributed by atoms with Gasteiger partial charge < -0.3 is 0 Å². The third-order valence-corrected chi connectivity index (χ3v) is 5.51. The predicted octanol–water partition coefficient (Wildman–Crippen LogP) is 3.46. The second kappa shape index (κ2) is 6.11. The van der Waals surface area contributed by atoms with Crippen molar-refractivity contribution in [1.82, 2.24) is 4.98 Å². The number of benzene rings is 1. The van der Waals surface area contributed by atoms with Gasteiger partial charge in [0.1, 0.15) is 0 Å². The molecule has 0 bridgehead atoms. The minimum Gasteiger partial charge on any atom is -0.259 e. The molecule has 0 saturated carbocycles.